The topological polar surface area (TPSA) is 98.0 Å². The van der Waals surface area contributed by atoms with E-state index in [1.54, 1.807) is 0 Å². The van der Waals surface area contributed by atoms with Crippen LogP contribution in [-0.2, 0) is 6.54 Å². The predicted molar refractivity (Wildman–Crippen MR) is 66.9 cm³/mol. The Balaban J connectivity index is 1.88. The first kappa shape index (κ1) is 12.1. The Morgan fingerprint density at radius 3 is 2.74 bits per heavy atom. The minimum atomic E-state index is -0.931. The summed E-state index contributed by atoms with van der Waals surface area (Å²) >= 11 is 0. The van der Waals surface area contributed by atoms with Crippen molar-refractivity contribution in [1.29, 1.82) is 0 Å². The Kier molecular flexibility index (Phi) is 2.76. The number of nitrogens with zero attached hydrogens (tertiary/aromatic N) is 2. The molecule has 1 N–H and O–H groups in total. The fraction of sp³-hybridized carbons (Fsp3) is 0.667. The van der Waals surface area contributed by atoms with Crippen molar-refractivity contribution in [2.75, 3.05) is 0 Å². The lowest BCUT2D eigenvalue weighted by molar-refractivity contribution is -0.386. The molecular weight excluding hydrogens is 250 g/mol. The third kappa shape index (κ3) is 2.09. The van der Waals surface area contributed by atoms with Gasteiger partial charge in [-0.2, -0.15) is 0 Å². The summed E-state index contributed by atoms with van der Waals surface area (Å²) in [7, 11) is 0. The Hall–Kier alpha value is -1.92. The summed E-state index contributed by atoms with van der Waals surface area (Å²) in [5.41, 5.74) is -2.06. The van der Waals surface area contributed by atoms with Crippen molar-refractivity contribution in [3.63, 3.8) is 0 Å². The van der Waals surface area contributed by atoms with Gasteiger partial charge in [-0.15, -0.1) is 0 Å². The summed E-state index contributed by atoms with van der Waals surface area (Å²) in [5.74, 6) is 1.79. The number of aromatic amines is 1. The molecule has 1 heterocycles. The third-order valence-electron chi connectivity index (χ3n) is 4.50. The van der Waals surface area contributed by atoms with E-state index in [1.807, 2.05) is 4.98 Å². The van der Waals surface area contributed by atoms with E-state index in [2.05, 4.69) is 0 Å². The second kappa shape index (κ2) is 4.32. The molecule has 19 heavy (non-hydrogen) atoms. The Labute approximate surface area is 108 Å². The van der Waals surface area contributed by atoms with E-state index in [1.165, 1.54) is 23.8 Å². The normalized spacial score (nSPS) is 28.7. The smallest absolute Gasteiger partial charge is 0.293 e. The molecule has 0 amide bonds. The van der Waals surface area contributed by atoms with Crippen LogP contribution >= 0.6 is 0 Å². The van der Waals surface area contributed by atoms with Crippen LogP contribution in [0.15, 0.2) is 15.8 Å². The van der Waals surface area contributed by atoms with E-state index in [4.69, 9.17) is 0 Å². The highest BCUT2D eigenvalue weighted by molar-refractivity contribution is 5.20. The fourth-order valence-corrected chi connectivity index (χ4v) is 3.62. The van der Waals surface area contributed by atoms with Gasteiger partial charge >= 0.3 is 16.9 Å². The van der Waals surface area contributed by atoms with Crippen molar-refractivity contribution in [3.05, 3.63) is 37.1 Å². The maximum Gasteiger partial charge on any atom is 0.350 e. The largest absolute Gasteiger partial charge is 0.350 e. The second-order valence-electron chi connectivity index (χ2n) is 5.62. The van der Waals surface area contributed by atoms with Gasteiger partial charge in [-0.05, 0) is 37.0 Å². The van der Waals surface area contributed by atoms with E-state index in [-0.39, 0.29) is 0 Å². The molecule has 1 aromatic heterocycles. The molecule has 2 bridgehead atoms. The van der Waals surface area contributed by atoms with Crippen LogP contribution in [-0.4, -0.2) is 14.5 Å². The molecular formula is C12H15N3O4. The zero-order chi connectivity index (χ0) is 13.6. The van der Waals surface area contributed by atoms with Gasteiger partial charge in [-0.25, -0.2) is 4.79 Å². The summed E-state index contributed by atoms with van der Waals surface area (Å²) in [5, 5.41) is 10.7. The fourth-order valence-electron chi connectivity index (χ4n) is 3.62. The highest BCUT2D eigenvalue weighted by Gasteiger charge is 2.39. The monoisotopic (exact) mass is 265 g/mol. The van der Waals surface area contributed by atoms with Crippen molar-refractivity contribution in [2.24, 2.45) is 17.8 Å². The zero-order valence-electron chi connectivity index (χ0n) is 10.4. The molecule has 1 aromatic rings. The molecule has 0 saturated heterocycles. The minimum Gasteiger partial charge on any atom is -0.293 e. The number of aromatic nitrogens is 2. The lowest BCUT2D eigenvalue weighted by atomic mass is 9.89. The van der Waals surface area contributed by atoms with E-state index in [9.17, 15) is 19.7 Å². The van der Waals surface area contributed by atoms with Gasteiger partial charge in [0.25, 0.3) is 0 Å². The van der Waals surface area contributed by atoms with Gasteiger partial charge in [0.2, 0.25) is 0 Å². The maximum atomic E-state index is 11.7. The summed E-state index contributed by atoms with van der Waals surface area (Å²) in [6, 6.07) is 0. The van der Waals surface area contributed by atoms with E-state index in [0.717, 1.165) is 18.5 Å². The van der Waals surface area contributed by atoms with Gasteiger partial charge < -0.3 is 0 Å². The molecule has 0 spiro atoms. The van der Waals surface area contributed by atoms with Crippen LogP contribution in [0.5, 0.6) is 0 Å². The number of nitro groups is 1. The average molecular weight is 265 g/mol. The van der Waals surface area contributed by atoms with E-state index < -0.39 is 21.9 Å². The quantitative estimate of drug-likeness (QED) is 0.647. The summed E-state index contributed by atoms with van der Waals surface area (Å²) < 4.78 is 1.28. The van der Waals surface area contributed by atoms with Crippen molar-refractivity contribution in [3.8, 4) is 0 Å². The second-order valence-corrected chi connectivity index (χ2v) is 5.62. The Bertz CT molecular complexity index is 633. The molecule has 3 unspecified atom stereocenters. The highest BCUT2D eigenvalue weighted by atomic mass is 16.6. The number of H-pyrrole nitrogens is 1. The number of hydrogen-bond donors (Lipinski definition) is 1. The third-order valence-corrected chi connectivity index (χ3v) is 4.50. The number of hydrogen-bond acceptors (Lipinski definition) is 4. The van der Waals surface area contributed by atoms with Gasteiger partial charge in [-0.1, -0.05) is 6.42 Å². The van der Waals surface area contributed by atoms with Crippen LogP contribution in [0.1, 0.15) is 25.7 Å². The molecule has 0 radical (unpaired) electrons. The van der Waals surface area contributed by atoms with Gasteiger partial charge in [0, 0.05) is 6.54 Å². The van der Waals surface area contributed by atoms with Crippen LogP contribution in [0, 0.1) is 27.9 Å². The van der Waals surface area contributed by atoms with Crippen LogP contribution < -0.4 is 11.2 Å². The average Bonchev–Trinajstić information content (AvgIpc) is 2.94. The lowest BCUT2D eigenvalue weighted by Crippen LogP contribution is -2.33. The molecule has 0 aromatic carbocycles. The van der Waals surface area contributed by atoms with Crippen molar-refractivity contribution < 1.29 is 4.92 Å². The SMILES string of the molecule is O=c1[nH]c(=O)n(CC2CC3CCC2C3)cc1[N+](=O)[O-]. The first-order chi connectivity index (χ1) is 9.04. The van der Waals surface area contributed by atoms with Crippen LogP contribution in [0.25, 0.3) is 0 Å². The summed E-state index contributed by atoms with van der Waals surface area (Å²) in [4.78, 5) is 35.0. The molecule has 2 fully saturated rings. The summed E-state index contributed by atoms with van der Waals surface area (Å²) in [6.07, 6.45) is 5.83. The minimum absolute atomic E-state index is 0.405. The molecule has 2 aliphatic rings. The maximum absolute atomic E-state index is 11.7. The molecule has 2 saturated carbocycles. The first-order valence-corrected chi connectivity index (χ1v) is 6.52. The van der Waals surface area contributed by atoms with Gasteiger partial charge in [0.1, 0.15) is 0 Å². The van der Waals surface area contributed by atoms with Crippen molar-refractivity contribution in [1.82, 2.24) is 9.55 Å². The Morgan fingerprint density at radius 1 is 1.37 bits per heavy atom. The Morgan fingerprint density at radius 2 is 2.16 bits per heavy atom. The van der Waals surface area contributed by atoms with Crippen molar-refractivity contribution in [2.45, 2.75) is 32.2 Å². The molecule has 0 aliphatic heterocycles. The number of fused-ring (bicyclic) bond motifs is 2. The number of rotatable bonds is 3. The van der Waals surface area contributed by atoms with E-state index in [0.29, 0.717) is 18.4 Å². The first-order valence-electron chi connectivity index (χ1n) is 6.52. The van der Waals surface area contributed by atoms with E-state index >= 15 is 0 Å². The van der Waals surface area contributed by atoms with Gasteiger partial charge in [0.15, 0.2) is 0 Å². The molecule has 3 rings (SSSR count). The predicted octanol–water partition coefficient (Wildman–Crippen LogP) is 0.881. The highest BCUT2D eigenvalue weighted by Crippen LogP contribution is 2.48. The molecule has 7 heteroatoms. The van der Waals surface area contributed by atoms with Crippen molar-refractivity contribution >= 4 is 5.69 Å². The van der Waals surface area contributed by atoms with Gasteiger partial charge in [-0.3, -0.25) is 24.5 Å². The van der Waals surface area contributed by atoms with Crippen LogP contribution in [0.2, 0.25) is 0 Å². The zero-order valence-corrected chi connectivity index (χ0v) is 10.4. The molecule has 7 nitrogen and oxygen atoms in total. The van der Waals surface area contributed by atoms with Gasteiger partial charge in [0.05, 0.1) is 11.1 Å². The lowest BCUT2D eigenvalue weighted by Gasteiger charge is -2.21. The molecule has 3 atom stereocenters. The van der Waals surface area contributed by atoms with Crippen LogP contribution in [0.4, 0.5) is 5.69 Å². The standard InChI is InChI=1S/C12H15N3O4/c16-11-10(15(18)19)6-14(12(17)13-11)5-9-4-7-1-2-8(9)3-7/h6-9H,1-5H2,(H,13,16,17). The molecule has 2 aliphatic carbocycles. The number of nitrogens with one attached hydrogen (secondary N) is 1. The summed E-state index contributed by atoms with van der Waals surface area (Å²) in [6.45, 7) is 0.470. The molecule has 102 valence electrons. The van der Waals surface area contributed by atoms with Crippen LogP contribution in [0.3, 0.4) is 0 Å².